The molecule has 2 aromatic heterocycles. The van der Waals surface area contributed by atoms with Gasteiger partial charge >= 0.3 is 0 Å². The summed E-state index contributed by atoms with van der Waals surface area (Å²) in [6.07, 6.45) is 6.57. The Morgan fingerprint density at radius 1 is 1.18 bits per heavy atom. The van der Waals surface area contributed by atoms with Crippen molar-refractivity contribution in [3.8, 4) is 11.3 Å². The number of fused-ring (bicyclic) bond motifs is 1. The Hall–Kier alpha value is -2.30. The van der Waals surface area contributed by atoms with Gasteiger partial charge in [-0.25, -0.2) is 13.8 Å². The van der Waals surface area contributed by atoms with Gasteiger partial charge in [0.15, 0.2) is 5.65 Å². The van der Waals surface area contributed by atoms with Crippen LogP contribution in [0.2, 0.25) is 0 Å². The predicted octanol–water partition coefficient (Wildman–Crippen LogP) is 2.67. The third-order valence-corrected chi connectivity index (χ3v) is 2.47. The van der Waals surface area contributed by atoms with Crippen LogP contribution in [-0.4, -0.2) is 14.4 Å². The molecule has 0 saturated heterocycles. The van der Waals surface area contributed by atoms with E-state index in [2.05, 4.69) is 9.97 Å². The minimum Gasteiger partial charge on any atom is -0.304 e. The number of nitrogens with zero attached hydrogens (tertiary/aromatic N) is 3. The maximum Gasteiger partial charge on any atom is 0.155 e. The molecule has 0 fully saturated rings. The summed E-state index contributed by atoms with van der Waals surface area (Å²) in [6.45, 7) is 0. The molecule has 0 aliphatic heterocycles. The molecule has 2 heterocycles. The van der Waals surface area contributed by atoms with Crippen LogP contribution >= 0.6 is 0 Å². The fourth-order valence-corrected chi connectivity index (χ4v) is 1.67. The van der Waals surface area contributed by atoms with Gasteiger partial charge < -0.3 is 4.40 Å². The SMILES string of the molecule is Fc1ccc(-c2cn3ccncc3n2)c(F)c1. The van der Waals surface area contributed by atoms with E-state index in [1.54, 1.807) is 29.2 Å². The highest BCUT2D eigenvalue weighted by Crippen LogP contribution is 2.22. The van der Waals surface area contributed by atoms with E-state index in [9.17, 15) is 8.78 Å². The predicted molar refractivity (Wildman–Crippen MR) is 58.3 cm³/mol. The zero-order valence-corrected chi connectivity index (χ0v) is 8.64. The van der Waals surface area contributed by atoms with Crippen molar-refractivity contribution < 1.29 is 8.78 Å². The standard InChI is InChI=1S/C12H7F2N3/c13-8-1-2-9(10(14)5-8)11-7-17-4-3-15-6-12(17)16-11/h1-7H. The molecule has 0 radical (unpaired) electrons. The summed E-state index contributed by atoms with van der Waals surface area (Å²) in [5.74, 6) is -1.22. The highest BCUT2D eigenvalue weighted by atomic mass is 19.1. The van der Waals surface area contributed by atoms with Crippen molar-refractivity contribution in [2.75, 3.05) is 0 Å². The summed E-state index contributed by atoms with van der Waals surface area (Å²) in [5, 5.41) is 0. The van der Waals surface area contributed by atoms with Gasteiger partial charge in [0.1, 0.15) is 11.6 Å². The Bertz CT molecular complexity index is 658. The van der Waals surface area contributed by atoms with Crippen molar-refractivity contribution in [3.05, 3.63) is 54.6 Å². The molecular weight excluding hydrogens is 224 g/mol. The molecule has 5 heteroatoms. The van der Waals surface area contributed by atoms with Crippen molar-refractivity contribution >= 4 is 5.65 Å². The van der Waals surface area contributed by atoms with Crippen molar-refractivity contribution in [3.63, 3.8) is 0 Å². The quantitative estimate of drug-likeness (QED) is 0.644. The van der Waals surface area contributed by atoms with Crippen molar-refractivity contribution in [2.45, 2.75) is 0 Å². The molecule has 0 amide bonds. The fourth-order valence-electron chi connectivity index (χ4n) is 1.67. The van der Waals surface area contributed by atoms with E-state index >= 15 is 0 Å². The topological polar surface area (TPSA) is 30.2 Å². The molecule has 0 saturated carbocycles. The molecule has 1 aromatic carbocycles. The summed E-state index contributed by atoms with van der Waals surface area (Å²) >= 11 is 0. The third-order valence-electron chi connectivity index (χ3n) is 2.47. The number of rotatable bonds is 1. The lowest BCUT2D eigenvalue weighted by Crippen LogP contribution is -1.85. The van der Waals surface area contributed by atoms with E-state index in [1.165, 1.54) is 12.1 Å². The van der Waals surface area contributed by atoms with Crippen LogP contribution in [-0.2, 0) is 0 Å². The molecule has 3 nitrogen and oxygen atoms in total. The van der Waals surface area contributed by atoms with E-state index < -0.39 is 11.6 Å². The normalized spacial score (nSPS) is 10.9. The average molecular weight is 231 g/mol. The van der Waals surface area contributed by atoms with Gasteiger partial charge in [-0.05, 0) is 12.1 Å². The first-order chi connectivity index (χ1) is 8.24. The second-order valence-corrected chi connectivity index (χ2v) is 3.59. The summed E-state index contributed by atoms with van der Waals surface area (Å²) in [7, 11) is 0. The smallest absolute Gasteiger partial charge is 0.155 e. The monoisotopic (exact) mass is 231 g/mol. The van der Waals surface area contributed by atoms with Gasteiger partial charge in [-0.15, -0.1) is 0 Å². The van der Waals surface area contributed by atoms with E-state index in [-0.39, 0.29) is 5.56 Å². The van der Waals surface area contributed by atoms with Gasteiger partial charge in [0.25, 0.3) is 0 Å². The number of hydrogen-bond acceptors (Lipinski definition) is 2. The first-order valence-electron chi connectivity index (χ1n) is 4.98. The molecule has 0 spiro atoms. The van der Waals surface area contributed by atoms with E-state index in [0.29, 0.717) is 11.3 Å². The average Bonchev–Trinajstić information content (AvgIpc) is 2.72. The first-order valence-corrected chi connectivity index (χ1v) is 4.98. The summed E-state index contributed by atoms with van der Waals surface area (Å²) in [6, 6.07) is 3.43. The Balaban J connectivity index is 2.20. The van der Waals surface area contributed by atoms with Crippen LogP contribution in [0.15, 0.2) is 43.0 Å². The molecule has 0 aliphatic carbocycles. The lowest BCUT2D eigenvalue weighted by atomic mass is 10.1. The molecule has 0 unspecified atom stereocenters. The molecule has 0 aliphatic rings. The molecule has 84 valence electrons. The third kappa shape index (κ3) is 1.65. The number of hydrogen-bond donors (Lipinski definition) is 0. The van der Waals surface area contributed by atoms with Crippen LogP contribution in [0.5, 0.6) is 0 Å². The number of aromatic nitrogens is 3. The van der Waals surface area contributed by atoms with Crippen LogP contribution in [0.25, 0.3) is 16.9 Å². The van der Waals surface area contributed by atoms with Gasteiger partial charge in [-0.1, -0.05) is 0 Å². The Kier molecular flexibility index (Phi) is 2.11. The largest absolute Gasteiger partial charge is 0.304 e. The maximum absolute atomic E-state index is 13.6. The molecule has 3 aromatic rings. The fraction of sp³-hybridized carbons (Fsp3) is 0. The van der Waals surface area contributed by atoms with Gasteiger partial charge in [0.2, 0.25) is 0 Å². The van der Waals surface area contributed by atoms with Crippen LogP contribution < -0.4 is 0 Å². The number of benzene rings is 1. The van der Waals surface area contributed by atoms with E-state index in [0.717, 1.165) is 6.07 Å². The second-order valence-electron chi connectivity index (χ2n) is 3.59. The highest BCUT2D eigenvalue weighted by Gasteiger charge is 2.09. The highest BCUT2D eigenvalue weighted by molar-refractivity contribution is 5.62. The van der Waals surface area contributed by atoms with Crippen LogP contribution in [0, 0.1) is 11.6 Å². The second kappa shape index (κ2) is 3.62. The van der Waals surface area contributed by atoms with E-state index in [4.69, 9.17) is 0 Å². The lowest BCUT2D eigenvalue weighted by Gasteiger charge is -1.98. The summed E-state index contributed by atoms with van der Waals surface area (Å²) in [4.78, 5) is 8.13. The number of imidazole rings is 1. The van der Waals surface area contributed by atoms with Gasteiger partial charge in [0, 0.05) is 30.2 Å². The van der Waals surface area contributed by atoms with Crippen molar-refractivity contribution in [1.29, 1.82) is 0 Å². The van der Waals surface area contributed by atoms with Gasteiger partial charge in [0.05, 0.1) is 11.9 Å². The van der Waals surface area contributed by atoms with Crippen LogP contribution in [0.3, 0.4) is 0 Å². The Morgan fingerprint density at radius 2 is 2.06 bits per heavy atom. The maximum atomic E-state index is 13.6. The molecule has 17 heavy (non-hydrogen) atoms. The minimum atomic E-state index is -0.624. The Morgan fingerprint density at radius 3 is 2.82 bits per heavy atom. The molecule has 0 N–H and O–H groups in total. The van der Waals surface area contributed by atoms with Crippen molar-refractivity contribution in [1.82, 2.24) is 14.4 Å². The number of halogens is 2. The van der Waals surface area contributed by atoms with E-state index in [1.807, 2.05) is 0 Å². The van der Waals surface area contributed by atoms with Crippen LogP contribution in [0.1, 0.15) is 0 Å². The van der Waals surface area contributed by atoms with Crippen molar-refractivity contribution in [2.24, 2.45) is 0 Å². The Labute approximate surface area is 95.4 Å². The lowest BCUT2D eigenvalue weighted by molar-refractivity contribution is 0.585. The zero-order chi connectivity index (χ0) is 11.8. The van der Waals surface area contributed by atoms with Crippen LogP contribution in [0.4, 0.5) is 8.78 Å². The summed E-state index contributed by atoms with van der Waals surface area (Å²) in [5.41, 5.74) is 1.34. The summed E-state index contributed by atoms with van der Waals surface area (Å²) < 4.78 is 28.1. The molecular formula is C12H7F2N3. The molecule has 0 bridgehead atoms. The zero-order valence-electron chi connectivity index (χ0n) is 8.64. The first kappa shape index (κ1) is 9.89. The van der Waals surface area contributed by atoms with Gasteiger partial charge in [-0.2, -0.15) is 0 Å². The minimum absolute atomic E-state index is 0.273. The molecule has 0 atom stereocenters. The molecule has 3 rings (SSSR count). The van der Waals surface area contributed by atoms with Gasteiger partial charge in [-0.3, -0.25) is 4.98 Å².